The number of benzene rings is 2. The number of hydrogen-bond donors (Lipinski definition) is 4. The molecule has 5 N–H and O–H groups in total. The molecule has 0 spiro atoms. The number of esters is 1. The van der Waals surface area contributed by atoms with Crippen LogP contribution in [0.1, 0.15) is 62.3 Å². The number of carbonyl (C=O) groups is 3. The second-order valence-electron chi connectivity index (χ2n) is 10.4. The highest BCUT2D eigenvalue weighted by Crippen LogP contribution is 2.24. The average molecular weight is 550 g/mol. The van der Waals surface area contributed by atoms with Crippen LogP contribution in [0.3, 0.4) is 0 Å². The van der Waals surface area contributed by atoms with Crippen molar-refractivity contribution in [2.24, 2.45) is 0 Å². The minimum atomic E-state index is -1.18. The summed E-state index contributed by atoms with van der Waals surface area (Å²) in [7, 11) is 0. The zero-order valence-electron chi connectivity index (χ0n) is 23.0. The van der Waals surface area contributed by atoms with Gasteiger partial charge in [-0.3, -0.25) is 25.4 Å². The largest absolute Gasteiger partial charge is 0.478 e. The number of ether oxygens (including phenoxy) is 2. The highest BCUT2D eigenvalue weighted by atomic mass is 16.6. The lowest BCUT2D eigenvalue weighted by Crippen LogP contribution is -2.36. The maximum atomic E-state index is 12.1. The molecule has 0 saturated carbocycles. The van der Waals surface area contributed by atoms with Gasteiger partial charge in [-0.1, -0.05) is 0 Å². The molecule has 0 saturated heterocycles. The topological polar surface area (TPSA) is 192 Å². The quantitative estimate of drug-likeness (QED) is 0.160. The van der Waals surface area contributed by atoms with E-state index in [0.717, 1.165) is 0 Å². The average Bonchev–Trinajstić information content (AvgIpc) is 2.85. The molecular formula is C27H31N7O6. The van der Waals surface area contributed by atoms with E-state index in [1.165, 1.54) is 24.7 Å². The Morgan fingerprint density at radius 1 is 0.750 bits per heavy atom. The zero-order valence-corrected chi connectivity index (χ0v) is 23.0. The van der Waals surface area contributed by atoms with Gasteiger partial charge in [0, 0.05) is 30.5 Å². The molecule has 13 heteroatoms. The number of nitrogens with two attached hydrogens (primary N) is 1. The third-order valence-corrected chi connectivity index (χ3v) is 4.83. The number of nitrogens with zero attached hydrogens (tertiary/aromatic N) is 4. The molecular weight excluding hydrogens is 518 g/mol. The predicted molar refractivity (Wildman–Crippen MR) is 149 cm³/mol. The molecule has 210 valence electrons. The third kappa shape index (κ3) is 7.72. The Bertz CT molecular complexity index is 1560. The molecule has 2 heterocycles. The molecule has 0 aliphatic carbocycles. The van der Waals surface area contributed by atoms with Crippen LogP contribution in [0.25, 0.3) is 22.1 Å². The third-order valence-electron chi connectivity index (χ3n) is 4.83. The lowest BCUT2D eigenvalue weighted by Gasteiger charge is -2.20. The molecule has 2 aromatic heterocycles. The molecule has 1 amide bonds. The van der Waals surface area contributed by atoms with Crippen LogP contribution < -0.4 is 16.6 Å². The molecule has 0 unspecified atom stereocenters. The van der Waals surface area contributed by atoms with Crippen LogP contribution in [0.4, 0.5) is 16.2 Å². The first-order valence-corrected chi connectivity index (χ1v) is 12.1. The minimum Gasteiger partial charge on any atom is -0.478 e. The number of carboxylic acids is 1. The van der Waals surface area contributed by atoms with Crippen molar-refractivity contribution in [2.45, 2.75) is 52.7 Å². The van der Waals surface area contributed by atoms with Crippen molar-refractivity contribution < 1.29 is 29.0 Å². The van der Waals surface area contributed by atoms with E-state index in [-0.39, 0.29) is 22.3 Å². The Morgan fingerprint density at radius 3 is 1.77 bits per heavy atom. The van der Waals surface area contributed by atoms with Crippen molar-refractivity contribution in [3.05, 3.63) is 60.2 Å². The summed E-state index contributed by atoms with van der Waals surface area (Å²) in [6.45, 7) is 10.6. The normalized spacial score (nSPS) is 11.2. The van der Waals surface area contributed by atoms with E-state index in [1.807, 2.05) is 0 Å². The summed E-state index contributed by atoms with van der Waals surface area (Å²) in [5, 5.41) is 9.36. The molecule has 0 radical (unpaired) electrons. The number of nitrogen functional groups attached to an aromatic ring is 1. The fraction of sp³-hybridized carbons (Fsp3) is 0.296. The van der Waals surface area contributed by atoms with Gasteiger partial charge in [0.15, 0.2) is 0 Å². The van der Waals surface area contributed by atoms with E-state index in [2.05, 4.69) is 30.8 Å². The van der Waals surface area contributed by atoms with E-state index in [0.29, 0.717) is 22.2 Å². The number of amides is 1. The zero-order chi connectivity index (χ0) is 29.7. The molecule has 2 aromatic carbocycles. The highest BCUT2D eigenvalue weighted by molar-refractivity contribution is 6.07. The van der Waals surface area contributed by atoms with Crippen molar-refractivity contribution in [1.29, 1.82) is 0 Å². The molecule has 13 nitrogen and oxygen atoms in total. The molecule has 0 aliphatic rings. The van der Waals surface area contributed by atoms with Gasteiger partial charge in [-0.2, -0.15) is 0 Å². The molecule has 0 fully saturated rings. The van der Waals surface area contributed by atoms with Crippen LogP contribution in [0.15, 0.2) is 49.1 Å². The van der Waals surface area contributed by atoms with Crippen molar-refractivity contribution >= 4 is 51.5 Å². The van der Waals surface area contributed by atoms with Crippen LogP contribution >= 0.6 is 0 Å². The second-order valence-corrected chi connectivity index (χ2v) is 10.4. The first-order chi connectivity index (χ1) is 18.7. The van der Waals surface area contributed by atoms with Gasteiger partial charge in [-0.25, -0.2) is 19.8 Å². The lowest BCUT2D eigenvalue weighted by molar-refractivity contribution is 0.00723. The number of fused-ring (bicyclic) bond motifs is 2. The van der Waals surface area contributed by atoms with E-state index < -0.39 is 29.2 Å². The number of hydrogen-bond acceptors (Lipinski definition) is 11. The first kappa shape index (κ1) is 29.5. The Balaban J connectivity index is 0.000000225. The summed E-state index contributed by atoms with van der Waals surface area (Å²) < 4.78 is 10.4. The molecule has 0 bridgehead atoms. The van der Waals surface area contributed by atoms with Crippen molar-refractivity contribution in [1.82, 2.24) is 25.4 Å². The van der Waals surface area contributed by atoms with Crippen LogP contribution in [0.5, 0.6) is 0 Å². The van der Waals surface area contributed by atoms with Gasteiger partial charge in [0.25, 0.3) is 0 Å². The van der Waals surface area contributed by atoms with Gasteiger partial charge in [-0.15, -0.1) is 0 Å². The molecule has 40 heavy (non-hydrogen) atoms. The molecule has 0 aliphatic heterocycles. The number of carboxylic acid groups (broad SMARTS) is 1. The van der Waals surface area contributed by atoms with Crippen molar-refractivity contribution in [3.63, 3.8) is 0 Å². The predicted octanol–water partition coefficient (Wildman–Crippen LogP) is 4.35. The number of rotatable bonds is 4. The van der Waals surface area contributed by atoms with Gasteiger partial charge in [0.05, 0.1) is 16.7 Å². The SMILES string of the molecule is CC(C)(C)OC(=O)NNc1ccc2nccnc2c1C(=O)O.CC(C)(C)OC(=O)c1c(N)ccc2nccnc12. The highest BCUT2D eigenvalue weighted by Gasteiger charge is 2.23. The lowest BCUT2D eigenvalue weighted by atomic mass is 10.1. The van der Waals surface area contributed by atoms with E-state index in [9.17, 15) is 19.5 Å². The summed E-state index contributed by atoms with van der Waals surface area (Å²) in [5.41, 5.74) is 11.9. The smallest absolute Gasteiger partial charge is 0.426 e. The number of nitrogens with one attached hydrogen (secondary N) is 2. The summed E-state index contributed by atoms with van der Waals surface area (Å²) in [5.74, 6) is -1.66. The Kier molecular flexibility index (Phi) is 8.67. The summed E-state index contributed by atoms with van der Waals surface area (Å²) in [6.07, 6.45) is 5.25. The Hall–Kier alpha value is -5.07. The Labute approximate surface area is 230 Å². The first-order valence-electron chi connectivity index (χ1n) is 12.1. The fourth-order valence-corrected chi connectivity index (χ4v) is 3.37. The van der Waals surface area contributed by atoms with Crippen molar-refractivity contribution in [3.8, 4) is 0 Å². The second kappa shape index (κ2) is 11.8. The summed E-state index contributed by atoms with van der Waals surface area (Å²) in [6, 6.07) is 6.47. The number of anilines is 2. The number of aromatic nitrogens is 4. The van der Waals surface area contributed by atoms with Gasteiger partial charge < -0.3 is 20.3 Å². The number of carbonyl (C=O) groups excluding carboxylic acids is 2. The number of aromatic carboxylic acids is 1. The maximum absolute atomic E-state index is 12.1. The monoisotopic (exact) mass is 549 g/mol. The maximum Gasteiger partial charge on any atom is 0.426 e. The van der Waals surface area contributed by atoms with Gasteiger partial charge in [0.1, 0.15) is 33.4 Å². The molecule has 4 rings (SSSR count). The van der Waals surface area contributed by atoms with Crippen LogP contribution in [-0.4, -0.2) is 54.3 Å². The molecule has 0 atom stereocenters. The summed E-state index contributed by atoms with van der Waals surface area (Å²) >= 11 is 0. The van der Waals surface area contributed by atoms with Crippen LogP contribution in [0, 0.1) is 0 Å². The fourth-order valence-electron chi connectivity index (χ4n) is 3.37. The van der Waals surface area contributed by atoms with Gasteiger partial charge in [-0.05, 0) is 65.8 Å². The van der Waals surface area contributed by atoms with E-state index in [4.69, 9.17) is 15.2 Å². The van der Waals surface area contributed by atoms with Crippen LogP contribution in [0.2, 0.25) is 0 Å². The number of hydrazine groups is 1. The van der Waals surface area contributed by atoms with E-state index >= 15 is 0 Å². The molecule has 4 aromatic rings. The van der Waals surface area contributed by atoms with Crippen LogP contribution in [-0.2, 0) is 9.47 Å². The minimum absolute atomic E-state index is 0.0818. The van der Waals surface area contributed by atoms with E-state index in [1.54, 1.807) is 65.9 Å². The van der Waals surface area contributed by atoms with Crippen molar-refractivity contribution in [2.75, 3.05) is 11.2 Å². The summed E-state index contributed by atoms with van der Waals surface area (Å²) in [4.78, 5) is 51.5. The Morgan fingerprint density at radius 2 is 1.25 bits per heavy atom. The van der Waals surface area contributed by atoms with Gasteiger partial charge >= 0.3 is 18.0 Å². The standard InChI is InChI=1S/C14H16N4O4.C13H15N3O2/c1-14(2,3)22-13(21)18-17-8-4-5-9-11(10(8)12(19)20)16-7-6-15-9;1-13(2,3)18-12(17)10-8(14)4-5-9-11(10)16-7-6-15-9/h4-7,17H,1-3H3,(H,18,21)(H,19,20);4-7H,14H2,1-3H3. The van der Waals surface area contributed by atoms with Gasteiger partial charge in [0.2, 0.25) is 0 Å².